The lowest BCUT2D eigenvalue weighted by Gasteiger charge is -2.26. The topological polar surface area (TPSA) is 181 Å². The Morgan fingerprint density at radius 1 is 1.09 bits per heavy atom. The van der Waals surface area contributed by atoms with Crippen LogP contribution in [0, 0.1) is 10.1 Å². The summed E-state index contributed by atoms with van der Waals surface area (Å²) in [5.41, 5.74) is 0.723. The SMILES string of the molecule is CC(C(=O)O)N(C)C(=O)CCC(C)(C)SCC(=O)NCCNC(=O)OCc1ccc(SSc2ccc([N+](=O)[O-])cn2)cc1. The fraction of sp³-hybridized carbons (Fsp3) is 0.444. The molecule has 0 spiro atoms. The summed E-state index contributed by atoms with van der Waals surface area (Å²) in [6, 6.07) is 9.46. The largest absolute Gasteiger partial charge is 0.480 e. The predicted octanol–water partition coefficient (Wildman–Crippen LogP) is 4.36. The van der Waals surface area contributed by atoms with Gasteiger partial charge >= 0.3 is 12.1 Å². The molecule has 16 heteroatoms. The highest BCUT2D eigenvalue weighted by Crippen LogP contribution is 2.36. The van der Waals surface area contributed by atoms with Crippen LogP contribution in [0.1, 0.15) is 39.2 Å². The Labute approximate surface area is 261 Å². The van der Waals surface area contributed by atoms with Gasteiger partial charge in [0.25, 0.3) is 5.69 Å². The van der Waals surface area contributed by atoms with Gasteiger partial charge in [0.2, 0.25) is 11.8 Å². The maximum Gasteiger partial charge on any atom is 0.407 e. The van der Waals surface area contributed by atoms with Gasteiger partial charge in [-0.15, -0.1) is 11.8 Å². The van der Waals surface area contributed by atoms with E-state index in [9.17, 15) is 29.3 Å². The fourth-order valence-electron chi connectivity index (χ4n) is 3.18. The summed E-state index contributed by atoms with van der Waals surface area (Å²) in [5, 5.41) is 25.7. The number of pyridine rings is 1. The van der Waals surface area contributed by atoms with Crippen molar-refractivity contribution in [3.8, 4) is 0 Å². The Hall–Kier alpha value is -3.50. The number of nitro groups is 1. The summed E-state index contributed by atoms with van der Waals surface area (Å²) in [4.78, 5) is 63.9. The molecule has 1 heterocycles. The highest BCUT2D eigenvalue weighted by molar-refractivity contribution is 8.76. The van der Waals surface area contributed by atoms with Gasteiger partial charge < -0.3 is 25.4 Å². The molecule has 0 fully saturated rings. The Balaban J connectivity index is 1.59. The molecule has 0 radical (unpaired) electrons. The third-order valence-electron chi connectivity index (χ3n) is 6.03. The molecule has 1 unspecified atom stereocenters. The van der Waals surface area contributed by atoms with E-state index >= 15 is 0 Å². The van der Waals surface area contributed by atoms with E-state index < -0.39 is 23.0 Å². The quantitative estimate of drug-likeness (QED) is 0.0952. The molecule has 234 valence electrons. The molecule has 13 nitrogen and oxygen atoms in total. The van der Waals surface area contributed by atoms with Crippen molar-refractivity contribution in [2.24, 2.45) is 0 Å². The standard InChI is InChI=1S/C27H35N5O8S3/c1-18(25(35)36)31(4)24(34)11-12-27(2,3)41-17-22(33)28-13-14-29-26(37)40-16-19-5-8-21(9-6-19)42-43-23-10-7-20(15-30-23)32(38)39/h5-10,15,18H,11-14,16-17H2,1-4H3,(H,28,33)(H,29,37)(H,35,36). The Morgan fingerprint density at radius 3 is 2.37 bits per heavy atom. The summed E-state index contributed by atoms with van der Waals surface area (Å²) in [7, 11) is 4.27. The van der Waals surface area contributed by atoms with E-state index in [1.54, 1.807) is 6.07 Å². The lowest BCUT2D eigenvalue weighted by molar-refractivity contribution is -0.385. The number of amides is 3. The zero-order chi connectivity index (χ0) is 32.0. The number of carbonyl (C=O) groups excluding carboxylic acids is 3. The van der Waals surface area contributed by atoms with Crippen LogP contribution in [0.2, 0.25) is 0 Å². The van der Waals surface area contributed by atoms with Gasteiger partial charge in [0.15, 0.2) is 0 Å². The average Bonchev–Trinajstić information content (AvgIpc) is 2.98. The number of hydrogen-bond acceptors (Lipinski definition) is 11. The van der Waals surface area contributed by atoms with E-state index in [4.69, 9.17) is 9.84 Å². The zero-order valence-corrected chi connectivity index (χ0v) is 26.7. The highest BCUT2D eigenvalue weighted by Gasteiger charge is 2.25. The number of carboxylic acid groups (broad SMARTS) is 1. The van der Waals surface area contributed by atoms with E-state index in [0.29, 0.717) is 11.4 Å². The normalized spacial score (nSPS) is 11.7. The Bertz CT molecular complexity index is 1260. The van der Waals surface area contributed by atoms with Crippen molar-refractivity contribution >= 4 is 62.9 Å². The number of carboxylic acids is 1. The van der Waals surface area contributed by atoms with Gasteiger partial charge in [-0.1, -0.05) is 36.8 Å². The molecule has 0 aliphatic carbocycles. The van der Waals surface area contributed by atoms with E-state index in [-0.39, 0.29) is 54.1 Å². The molecule has 0 aliphatic rings. The van der Waals surface area contributed by atoms with Crippen molar-refractivity contribution < 1.29 is 33.9 Å². The van der Waals surface area contributed by atoms with Crippen molar-refractivity contribution in [3.63, 3.8) is 0 Å². The maximum absolute atomic E-state index is 12.2. The summed E-state index contributed by atoms with van der Waals surface area (Å²) < 4.78 is 4.84. The van der Waals surface area contributed by atoms with Crippen molar-refractivity contribution in [2.75, 3.05) is 25.9 Å². The molecule has 0 aliphatic heterocycles. The van der Waals surface area contributed by atoms with E-state index in [0.717, 1.165) is 10.5 Å². The highest BCUT2D eigenvalue weighted by atomic mass is 33.1. The number of hydrogen-bond donors (Lipinski definition) is 3. The summed E-state index contributed by atoms with van der Waals surface area (Å²) in [5.74, 6) is -1.38. The summed E-state index contributed by atoms with van der Waals surface area (Å²) in [6.45, 7) is 5.76. The molecule has 0 saturated carbocycles. The molecule has 1 aromatic heterocycles. The first-order chi connectivity index (χ1) is 20.3. The molecule has 2 rings (SSSR count). The number of carbonyl (C=O) groups is 4. The minimum Gasteiger partial charge on any atom is -0.480 e. The van der Waals surface area contributed by atoms with Crippen LogP contribution in [0.15, 0.2) is 52.5 Å². The number of aromatic nitrogens is 1. The number of thioether (sulfide) groups is 1. The molecule has 3 amide bonds. The van der Waals surface area contributed by atoms with Crippen LogP contribution in [0.4, 0.5) is 10.5 Å². The molecule has 3 N–H and O–H groups in total. The Morgan fingerprint density at radius 2 is 1.77 bits per heavy atom. The second-order valence-corrected chi connectivity index (χ2v) is 13.7. The molecule has 0 saturated heterocycles. The van der Waals surface area contributed by atoms with Crippen molar-refractivity contribution in [1.29, 1.82) is 0 Å². The number of benzene rings is 1. The fourth-order valence-corrected chi connectivity index (χ4v) is 5.87. The first kappa shape index (κ1) is 35.7. The first-order valence-corrected chi connectivity index (χ1v) is 16.2. The van der Waals surface area contributed by atoms with Gasteiger partial charge in [-0.2, -0.15) is 0 Å². The minimum atomic E-state index is -1.07. The lowest BCUT2D eigenvalue weighted by Crippen LogP contribution is -2.40. The smallest absolute Gasteiger partial charge is 0.407 e. The van der Waals surface area contributed by atoms with Crippen LogP contribution < -0.4 is 10.6 Å². The molecule has 43 heavy (non-hydrogen) atoms. The molecule has 2 aromatic rings. The number of alkyl carbamates (subject to hydrolysis) is 1. The molecular weight excluding hydrogens is 619 g/mol. The van der Waals surface area contributed by atoms with Gasteiger partial charge in [0.05, 0.1) is 10.7 Å². The number of aliphatic carboxylic acids is 1. The van der Waals surface area contributed by atoms with Gasteiger partial charge in [-0.05, 0) is 47.9 Å². The van der Waals surface area contributed by atoms with Crippen LogP contribution in [-0.4, -0.2) is 80.5 Å². The maximum atomic E-state index is 12.2. The summed E-state index contributed by atoms with van der Waals surface area (Å²) >= 11 is 1.39. The van der Waals surface area contributed by atoms with Crippen LogP contribution >= 0.6 is 33.3 Å². The van der Waals surface area contributed by atoms with Gasteiger partial charge in [0.1, 0.15) is 23.9 Å². The van der Waals surface area contributed by atoms with E-state index in [1.165, 1.54) is 64.5 Å². The predicted molar refractivity (Wildman–Crippen MR) is 166 cm³/mol. The third-order valence-corrected chi connectivity index (χ3v) is 9.72. The Kier molecular flexibility index (Phi) is 14.6. The van der Waals surface area contributed by atoms with Crippen molar-refractivity contribution in [2.45, 2.75) is 60.9 Å². The van der Waals surface area contributed by atoms with Crippen molar-refractivity contribution in [1.82, 2.24) is 20.5 Å². The number of rotatable bonds is 17. The van der Waals surface area contributed by atoms with E-state index in [1.807, 2.05) is 38.1 Å². The van der Waals surface area contributed by atoms with Crippen LogP contribution in [-0.2, 0) is 25.7 Å². The van der Waals surface area contributed by atoms with Gasteiger partial charge in [-0.3, -0.25) is 19.7 Å². The van der Waals surface area contributed by atoms with Crippen LogP contribution in [0.5, 0.6) is 0 Å². The molecule has 1 aromatic carbocycles. The zero-order valence-electron chi connectivity index (χ0n) is 24.2. The molecular formula is C27H35N5O8S3. The van der Waals surface area contributed by atoms with Gasteiger partial charge in [-0.25, -0.2) is 14.6 Å². The van der Waals surface area contributed by atoms with Gasteiger partial charge in [0, 0.05) is 42.3 Å². The van der Waals surface area contributed by atoms with Crippen LogP contribution in [0.3, 0.4) is 0 Å². The third kappa shape index (κ3) is 13.6. The second-order valence-electron chi connectivity index (χ2n) is 9.84. The lowest BCUT2D eigenvalue weighted by atomic mass is 10.1. The van der Waals surface area contributed by atoms with Crippen molar-refractivity contribution in [3.05, 3.63) is 58.3 Å². The second kappa shape index (κ2) is 17.6. The molecule has 1 atom stereocenters. The summed E-state index contributed by atoms with van der Waals surface area (Å²) in [6.07, 6.45) is 1.25. The minimum absolute atomic E-state index is 0.0643. The number of ether oxygens (including phenoxy) is 1. The van der Waals surface area contributed by atoms with Crippen LogP contribution in [0.25, 0.3) is 0 Å². The average molecular weight is 654 g/mol. The monoisotopic (exact) mass is 653 g/mol. The number of likely N-dealkylation sites (N-methyl/N-ethyl adjacent to an activating group) is 1. The first-order valence-electron chi connectivity index (χ1n) is 13.1. The number of nitrogens with one attached hydrogen (secondary N) is 2. The molecule has 0 bridgehead atoms. The number of nitrogens with zero attached hydrogens (tertiary/aromatic N) is 3. The van der Waals surface area contributed by atoms with E-state index in [2.05, 4.69) is 15.6 Å².